The minimum atomic E-state index is -0.676. The Morgan fingerprint density at radius 3 is 2.61 bits per heavy atom. The van der Waals surface area contributed by atoms with Gasteiger partial charge >= 0.3 is 11.9 Å². The molecule has 3 aromatic carbocycles. The van der Waals surface area contributed by atoms with Gasteiger partial charge in [-0.05, 0) is 66.2 Å². The molecule has 0 saturated heterocycles. The van der Waals surface area contributed by atoms with Crippen LogP contribution in [0.25, 0.3) is 12.2 Å². The Morgan fingerprint density at radius 2 is 1.89 bits per heavy atom. The summed E-state index contributed by atoms with van der Waals surface area (Å²) >= 11 is 3.37. The van der Waals surface area contributed by atoms with Crippen molar-refractivity contribution in [3.63, 3.8) is 0 Å². The summed E-state index contributed by atoms with van der Waals surface area (Å²) in [6.45, 7) is 0. The van der Waals surface area contributed by atoms with Gasteiger partial charge in [-0.3, -0.25) is 10.1 Å². The van der Waals surface area contributed by atoms with Gasteiger partial charge in [-0.15, -0.1) is 0 Å². The Morgan fingerprint density at radius 1 is 1.11 bits per heavy atom. The molecule has 1 aliphatic rings. The highest BCUT2D eigenvalue weighted by molar-refractivity contribution is 9.10. The molecular formula is C26H17BrN2O7. The smallest absolute Gasteiger partial charge is 0.363 e. The third kappa shape index (κ3) is 5.91. The highest BCUT2D eigenvalue weighted by Crippen LogP contribution is 2.28. The SMILES string of the molecule is COc1cccc(C2=N/C(=C\c3cc(Br)ccc3OC(=O)/C=C/c3ccc([N+](=O)[O-])cc3)C(=O)O2)c1. The minimum absolute atomic E-state index is 0.0321. The number of carbonyl (C=O) groups is 2. The number of nitrogens with zero attached hydrogens (tertiary/aromatic N) is 2. The lowest BCUT2D eigenvalue weighted by Crippen LogP contribution is -2.06. The maximum Gasteiger partial charge on any atom is 0.363 e. The number of nitro benzene ring substituents is 1. The predicted molar refractivity (Wildman–Crippen MR) is 136 cm³/mol. The second-order valence-electron chi connectivity index (χ2n) is 7.35. The van der Waals surface area contributed by atoms with Crippen LogP contribution in [0, 0.1) is 10.1 Å². The van der Waals surface area contributed by atoms with Crippen molar-refractivity contribution in [1.82, 2.24) is 0 Å². The molecule has 0 radical (unpaired) electrons. The Balaban J connectivity index is 1.55. The fraction of sp³-hybridized carbons (Fsp3) is 0.0385. The molecule has 0 aromatic heterocycles. The van der Waals surface area contributed by atoms with E-state index in [9.17, 15) is 19.7 Å². The molecule has 1 aliphatic heterocycles. The van der Waals surface area contributed by atoms with Gasteiger partial charge in [0.2, 0.25) is 5.90 Å². The van der Waals surface area contributed by atoms with E-state index in [0.717, 1.165) is 0 Å². The molecule has 10 heteroatoms. The number of aliphatic imine (C=N–C) groups is 1. The lowest BCUT2D eigenvalue weighted by atomic mass is 10.1. The third-order valence-electron chi connectivity index (χ3n) is 4.93. The first kappa shape index (κ1) is 24.6. The van der Waals surface area contributed by atoms with E-state index in [2.05, 4.69) is 20.9 Å². The minimum Gasteiger partial charge on any atom is -0.497 e. The Labute approximate surface area is 213 Å². The molecule has 0 saturated carbocycles. The van der Waals surface area contributed by atoms with E-state index < -0.39 is 16.9 Å². The van der Waals surface area contributed by atoms with Crippen LogP contribution in [-0.2, 0) is 14.3 Å². The number of hydrogen-bond donors (Lipinski definition) is 0. The highest BCUT2D eigenvalue weighted by atomic mass is 79.9. The summed E-state index contributed by atoms with van der Waals surface area (Å²) in [7, 11) is 1.53. The number of benzene rings is 3. The van der Waals surface area contributed by atoms with Gasteiger partial charge in [0.05, 0.1) is 12.0 Å². The fourth-order valence-corrected chi connectivity index (χ4v) is 3.55. The zero-order valence-corrected chi connectivity index (χ0v) is 20.3. The van der Waals surface area contributed by atoms with Crippen LogP contribution in [0.4, 0.5) is 5.69 Å². The average molecular weight is 549 g/mol. The molecule has 36 heavy (non-hydrogen) atoms. The molecule has 0 aliphatic carbocycles. The van der Waals surface area contributed by atoms with Gasteiger partial charge < -0.3 is 14.2 Å². The summed E-state index contributed by atoms with van der Waals surface area (Å²) in [4.78, 5) is 39.4. The van der Waals surface area contributed by atoms with Crippen LogP contribution in [0.3, 0.4) is 0 Å². The van der Waals surface area contributed by atoms with E-state index in [1.165, 1.54) is 49.6 Å². The van der Waals surface area contributed by atoms with E-state index >= 15 is 0 Å². The lowest BCUT2D eigenvalue weighted by molar-refractivity contribution is -0.384. The number of cyclic esters (lactones) is 1. The summed E-state index contributed by atoms with van der Waals surface area (Å²) in [6, 6.07) is 17.6. The third-order valence-corrected chi connectivity index (χ3v) is 5.42. The van der Waals surface area contributed by atoms with Crippen LogP contribution in [0.15, 0.2) is 88.0 Å². The molecular weight excluding hydrogens is 532 g/mol. The van der Waals surface area contributed by atoms with Crippen molar-refractivity contribution in [2.45, 2.75) is 0 Å². The van der Waals surface area contributed by atoms with E-state index in [1.807, 2.05) is 0 Å². The molecule has 0 atom stereocenters. The van der Waals surface area contributed by atoms with E-state index in [4.69, 9.17) is 14.2 Å². The number of methoxy groups -OCH3 is 1. The fourth-order valence-electron chi connectivity index (χ4n) is 3.17. The molecule has 0 spiro atoms. The van der Waals surface area contributed by atoms with Crippen molar-refractivity contribution in [2.24, 2.45) is 4.99 Å². The van der Waals surface area contributed by atoms with E-state index in [-0.39, 0.29) is 23.0 Å². The topological polar surface area (TPSA) is 117 Å². The van der Waals surface area contributed by atoms with Gasteiger partial charge in [0, 0.05) is 33.8 Å². The Hall–Kier alpha value is -4.57. The molecule has 9 nitrogen and oxygen atoms in total. The second kappa shape index (κ2) is 10.8. The number of hydrogen-bond acceptors (Lipinski definition) is 8. The maximum absolute atomic E-state index is 12.5. The van der Waals surface area contributed by atoms with Crippen molar-refractivity contribution in [3.05, 3.63) is 110 Å². The molecule has 3 aromatic rings. The maximum atomic E-state index is 12.5. The number of esters is 2. The predicted octanol–water partition coefficient (Wildman–Crippen LogP) is 5.33. The van der Waals surface area contributed by atoms with Gasteiger partial charge in [-0.25, -0.2) is 14.6 Å². The lowest BCUT2D eigenvalue weighted by Gasteiger charge is -2.06. The molecule has 4 rings (SSSR count). The number of halogens is 1. The Bertz CT molecular complexity index is 1440. The second-order valence-corrected chi connectivity index (χ2v) is 8.27. The zero-order valence-electron chi connectivity index (χ0n) is 18.7. The first-order valence-electron chi connectivity index (χ1n) is 10.4. The normalized spacial score (nSPS) is 14.0. The van der Waals surface area contributed by atoms with Gasteiger partial charge in [-0.2, -0.15) is 0 Å². The van der Waals surface area contributed by atoms with Crippen LogP contribution >= 0.6 is 15.9 Å². The largest absolute Gasteiger partial charge is 0.497 e. The number of carbonyl (C=O) groups excluding carboxylic acids is 2. The van der Waals surface area contributed by atoms with Crippen molar-refractivity contribution in [1.29, 1.82) is 0 Å². The van der Waals surface area contributed by atoms with E-state index in [0.29, 0.717) is 26.9 Å². The summed E-state index contributed by atoms with van der Waals surface area (Å²) < 4.78 is 16.7. The monoisotopic (exact) mass is 548 g/mol. The van der Waals surface area contributed by atoms with Gasteiger partial charge in [0.25, 0.3) is 5.69 Å². The summed E-state index contributed by atoms with van der Waals surface area (Å²) in [5.74, 6) is -0.411. The molecule has 0 N–H and O–H groups in total. The van der Waals surface area contributed by atoms with Crippen molar-refractivity contribution in [2.75, 3.05) is 7.11 Å². The van der Waals surface area contributed by atoms with Gasteiger partial charge in [0.1, 0.15) is 11.5 Å². The molecule has 0 bridgehead atoms. The first-order chi connectivity index (χ1) is 17.3. The van der Waals surface area contributed by atoms with Crippen molar-refractivity contribution < 1.29 is 28.7 Å². The van der Waals surface area contributed by atoms with Crippen molar-refractivity contribution in [3.8, 4) is 11.5 Å². The van der Waals surface area contributed by atoms with E-state index in [1.54, 1.807) is 42.5 Å². The summed E-state index contributed by atoms with van der Waals surface area (Å²) in [5, 5.41) is 10.8. The van der Waals surface area contributed by atoms with Gasteiger partial charge in [-0.1, -0.05) is 22.0 Å². The van der Waals surface area contributed by atoms with Crippen LogP contribution in [-0.4, -0.2) is 29.9 Å². The van der Waals surface area contributed by atoms with Gasteiger partial charge in [0.15, 0.2) is 5.70 Å². The molecule has 180 valence electrons. The molecule has 1 heterocycles. The quantitative estimate of drug-likeness (QED) is 0.129. The van der Waals surface area contributed by atoms with Crippen molar-refractivity contribution >= 4 is 51.6 Å². The van der Waals surface area contributed by atoms with Crippen LogP contribution in [0.2, 0.25) is 0 Å². The molecule has 0 unspecified atom stereocenters. The number of rotatable bonds is 7. The summed E-state index contributed by atoms with van der Waals surface area (Å²) in [6.07, 6.45) is 4.13. The Kier molecular flexibility index (Phi) is 7.36. The zero-order chi connectivity index (χ0) is 25.7. The number of nitro groups is 1. The summed E-state index contributed by atoms with van der Waals surface area (Å²) in [5.41, 5.74) is 1.56. The molecule has 0 fully saturated rings. The van der Waals surface area contributed by atoms with Crippen LogP contribution in [0.5, 0.6) is 11.5 Å². The van der Waals surface area contributed by atoms with Crippen LogP contribution < -0.4 is 9.47 Å². The highest BCUT2D eigenvalue weighted by Gasteiger charge is 2.25. The standard InChI is InChI=1S/C26H17BrN2O7/c1-34-21-4-2-3-17(14-21)25-28-22(26(31)36-25)15-18-13-19(27)8-11-23(18)35-24(30)12-7-16-5-9-20(10-6-16)29(32)33/h2-15H,1H3/b12-7+,22-15-. The molecule has 0 amide bonds. The number of ether oxygens (including phenoxy) is 3. The first-order valence-corrected chi connectivity index (χ1v) is 11.2. The number of non-ortho nitro benzene ring substituents is 1. The average Bonchev–Trinajstić information content (AvgIpc) is 3.24. The van der Waals surface area contributed by atoms with Crippen LogP contribution in [0.1, 0.15) is 16.7 Å².